The second kappa shape index (κ2) is 7.95. The van der Waals surface area contributed by atoms with Crippen LogP contribution in [-0.4, -0.2) is 14.2 Å². The van der Waals surface area contributed by atoms with Gasteiger partial charge in [0.2, 0.25) is 0 Å². The molecule has 0 heterocycles. The van der Waals surface area contributed by atoms with Gasteiger partial charge in [0.1, 0.15) is 11.5 Å². The number of ether oxygens (including phenoxy) is 2. The minimum atomic E-state index is 0.710. The summed E-state index contributed by atoms with van der Waals surface area (Å²) in [4.78, 5) is 0. The Hall–Kier alpha value is -2.65. The minimum Gasteiger partial charge on any atom is -0.497 e. The van der Waals surface area contributed by atoms with Crippen LogP contribution in [0.1, 0.15) is 5.56 Å². The lowest BCUT2D eigenvalue weighted by Gasteiger charge is -2.13. The van der Waals surface area contributed by atoms with Crippen LogP contribution < -0.4 is 14.8 Å². The van der Waals surface area contributed by atoms with E-state index in [1.54, 1.807) is 14.2 Å². The van der Waals surface area contributed by atoms with Crippen molar-refractivity contribution in [3.05, 3.63) is 77.3 Å². The molecule has 0 atom stereocenters. The molecule has 0 aliphatic rings. The zero-order chi connectivity index (χ0) is 17.6. The highest BCUT2D eigenvalue weighted by Gasteiger charge is 2.08. The maximum Gasteiger partial charge on any atom is 0.126 e. The fourth-order valence-corrected chi connectivity index (χ4v) is 2.85. The SMILES string of the molecule is COc1ccc(NCc2ccc(OC)c(-c3cccc(Cl)c3)c2)cc1. The van der Waals surface area contributed by atoms with Crippen molar-refractivity contribution in [1.82, 2.24) is 0 Å². The van der Waals surface area contributed by atoms with Gasteiger partial charge in [-0.3, -0.25) is 0 Å². The highest BCUT2D eigenvalue weighted by molar-refractivity contribution is 6.30. The average molecular weight is 354 g/mol. The first-order chi connectivity index (χ1) is 12.2. The maximum atomic E-state index is 6.13. The summed E-state index contributed by atoms with van der Waals surface area (Å²) in [7, 11) is 3.34. The van der Waals surface area contributed by atoms with E-state index in [2.05, 4.69) is 17.4 Å². The summed E-state index contributed by atoms with van der Waals surface area (Å²) in [6.45, 7) is 0.712. The van der Waals surface area contributed by atoms with Gasteiger partial charge in [0.05, 0.1) is 14.2 Å². The molecule has 25 heavy (non-hydrogen) atoms. The Morgan fingerprint density at radius 2 is 1.68 bits per heavy atom. The van der Waals surface area contributed by atoms with Gasteiger partial charge in [-0.2, -0.15) is 0 Å². The van der Waals surface area contributed by atoms with Crippen LogP contribution in [0.2, 0.25) is 5.02 Å². The number of hydrogen-bond acceptors (Lipinski definition) is 3. The first-order valence-corrected chi connectivity index (χ1v) is 8.38. The fraction of sp³-hybridized carbons (Fsp3) is 0.143. The molecule has 4 heteroatoms. The largest absolute Gasteiger partial charge is 0.497 e. The van der Waals surface area contributed by atoms with E-state index in [9.17, 15) is 0 Å². The van der Waals surface area contributed by atoms with Gasteiger partial charge in [0.15, 0.2) is 0 Å². The van der Waals surface area contributed by atoms with Gasteiger partial charge in [-0.1, -0.05) is 29.8 Å². The summed E-state index contributed by atoms with van der Waals surface area (Å²) in [6.07, 6.45) is 0. The van der Waals surface area contributed by atoms with E-state index in [4.69, 9.17) is 21.1 Å². The lowest BCUT2D eigenvalue weighted by atomic mass is 10.0. The van der Waals surface area contributed by atoms with E-state index in [1.807, 2.05) is 54.6 Å². The van der Waals surface area contributed by atoms with Gasteiger partial charge in [0.25, 0.3) is 0 Å². The van der Waals surface area contributed by atoms with Gasteiger partial charge in [-0.15, -0.1) is 0 Å². The smallest absolute Gasteiger partial charge is 0.126 e. The monoisotopic (exact) mass is 353 g/mol. The zero-order valence-electron chi connectivity index (χ0n) is 14.3. The van der Waals surface area contributed by atoms with Crippen molar-refractivity contribution in [1.29, 1.82) is 0 Å². The molecule has 3 aromatic carbocycles. The molecular formula is C21H20ClNO2. The first-order valence-electron chi connectivity index (χ1n) is 8.00. The Morgan fingerprint density at radius 1 is 0.880 bits per heavy atom. The van der Waals surface area contributed by atoms with E-state index in [0.29, 0.717) is 11.6 Å². The van der Waals surface area contributed by atoms with Crippen molar-refractivity contribution in [2.24, 2.45) is 0 Å². The number of halogens is 1. The lowest BCUT2D eigenvalue weighted by molar-refractivity contribution is 0.415. The molecule has 3 rings (SSSR count). The number of rotatable bonds is 6. The van der Waals surface area contributed by atoms with Crippen LogP contribution in [-0.2, 0) is 6.54 Å². The molecule has 0 spiro atoms. The van der Waals surface area contributed by atoms with Gasteiger partial charge >= 0.3 is 0 Å². The van der Waals surface area contributed by atoms with Crippen molar-refractivity contribution >= 4 is 17.3 Å². The molecule has 0 radical (unpaired) electrons. The summed E-state index contributed by atoms with van der Waals surface area (Å²) in [5.74, 6) is 1.67. The number of hydrogen-bond donors (Lipinski definition) is 1. The third kappa shape index (κ3) is 4.25. The molecule has 0 aliphatic carbocycles. The number of anilines is 1. The average Bonchev–Trinajstić information content (AvgIpc) is 2.66. The van der Waals surface area contributed by atoms with Gasteiger partial charge in [0, 0.05) is 22.8 Å². The van der Waals surface area contributed by atoms with Crippen LogP contribution in [0.15, 0.2) is 66.7 Å². The van der Waals surface area contributed by atoms with Gasteiger partial charge in [-0.25, -0.2) is 0 Å². The number of benzene rings is 3. The van der Waals surface area contributed by atoms with Crippen molar-refractivity contribution < 1.29 is 9.47 Å². The van der Waals surface area contributed by atoms with Crippen LogP contribution in [0.3, 0.4) is 0 Å². The molecule has 3 nitrogen and oxygen atoms in total. The van der Waals surface area contributed by atoms with E-state index < -0.39 is 0 Å². The summed E-state index contributed by atoms with van der Waals surface area (Å²) in [5.41, 5.74) is 4.27. The Labute approximate surface area is 153 Å². The third-order valence-electron chi connectivity index (χ3n) is 3.99. The third-order valence-corrected chi connectivity index (χ3v) is 4.22. The topological polar surface area (TPSA) is 30.5 Å². The van der Waals surface area contributed by atoms with Crippen molar-refractivity contribution in [2.75, 3.05) is 19.5 Å². The Kier molecular flexibility index (Phi) is 5.46. The van der Waals surface area contributed by atoms with Gasteiger partial charge < -0.3 is 14.8 Å². The highest BCUT2D eigenvalue weighted by Crippen LogP contribution is 2.32. The molecule has 0 fully saturated rings. The van der Waals surface area contributed by atoms with Crippen molar-refractivity contribution in [3.8, 4) is 22.6 Å². The van der Waals surface area contributed by atoms with Gasteiger partial charge in [-0.05, 0) is 59.7 Å². The standard InChI is InChI=1S/C21H20ClNO2/c1-24-19-9-7-18(8-10-19)23-14-15-6-11-21(25-2)20(12-15)16-4-3-5-17(22)13-16/h3-13,23H,14H2,1-2H3. The van der Waals surface area contributed by atoms with E-state index >= 15 is 0 Å². The quantitative estimate of drug-likeness (QED) is 0.622. The summed E-state index contributed by atoms with van der Waals surface area (Å²) in [6, 6.07) is 21.8. The lowest BCUT2D eigenvalue weighted by Crippen LogP contribution is -2.00. The van der Waals surface area contributed by atoms with Crippen LogP contribution in [0.4, 0.5) is 5.69 Å². The second-order valence-corrected chi connectivity index (χ2v) is 6.06. The molecular weight excluding hydrogens is 334 g/mol. The van der Waals surface area contributed by atoms with Crippen LogP contribution >= 0.6 is 11.6 Å². The normalized spacial score (nSPS) is 10.4. The zero-order valence-corrected chi connectivity index (χ0v) is 15.0. The molecule has 128 valence electrons. The minimum absolute atomic E-state index is 0.710. The van der Waals surface area contributed by atoms with Crippen molar-refractivity contribution in [2.45, 2.75) is 6.54 Å². The number of nitrogens with one attached hydrogen (secondary N) is 1. The summed E-state index contributed by atoms with van der Waals surface area (Å²) in [5, 5.41) is 4.13. The van der Waals surface area contributed by atoms with Crippen LogP contribution in [0, 0.1) is 0 Å². The molecule has 3 aromatic rings. The van der Waals surface area contributed by atoms with Crippen LogP contribution in [0.5, 0.6) is 11.5 Å². The molecule has 0 saturated heterocycles. The fourth-order valence-electron chi connectivity index (χ4n) is 2.66. The van der Waals surface area contributed by atoms with E-state index in [-0.39, 0.29) is 0 Å². The predicted molar refractivity (Wildman–Crippen MR) is 104 cm³/mol. The van der Waals surface area contributed by atoms with E-state index in [1.165, 1.54) is 0 Å². The number of methoxy groups -OCH3 is 2. The molecule has 0 unspecified atom stereocenters. The molecule has 0 aliphatic heterocycles. The van der Waals surface area contributed by atoms with Crippen molar-refractivity contribution in [3.63, 3.8) is 0 Å². The summed E-state index contributed by atoms with van der Waals surface area (Å²) >= 11 is 6.13. The second-order valence-electron chi connectivity index (χ2n) is 5.63. The molecule has 0 amide bonds. The molecule has 1 N–H and O–H groups in total. The predicted octanol–water partition coefficient (Wildman–Crippen LogP) is 5.64. The summed E-state index contributed by atoms with van der Waals surface area (Å²) < 4.78 is 10.7. The Bertz CT molecular complexity index is 847. The molecule has 0 saturated carbocycles. The highest BCUT2D eigenvalue weighted by atomic mass is 35.5. The van der Waals surface area contributed by atoms with Crippen LogP contribution in [0.25, 0.3) is 11.1 Å². The first kappa shape index (κ1) is 17.2. The Morgan fingerprint density at radius 3 is 2.36 bits per heavy atom. The molecule has 0 bridgehead atoms. The maximum absolute atomic E-state index is 6.13. The molecule has 0 aromatic heterocycles. The van der Waals surface area contributed by atoms with E-state index in [0.717, 1.165) is 33.9 Å². The Balaban J connectivity index is 1.81.